The summed E-state index contributed by atoms with van der Waals surface area (Å²) in [6, 6.07) is 2.51. The van der Waals surface area contributed by atoms with Gasteiger partial charge in [0.15, 0.2) is 5.69 Å². The van der Waals surface area contributed by atoms with E-state index in [1.54, 1.807) is 0 Å². The largest absolute Gasteiger partial charge is 0.476 e. The molecule has 0 bridgehead atoms. The summed E-state index contributed by atoms with van der Waals surface area (Å²) in [6.45, 7) is 0.282. The van der Waals surface area contributed by atoms with Crippen LogP contribution in [-0.4, -0.2) is 35.6 Å². The molecule has 2 rings (SSSR count). The Hall–Kier alpha value is -3.04. The first-order chi connectivity index (χ1) is 9.49. The van der Waals surface area contributed by atoms with Gasteiger partial charge in [-0.1, -0.05) is 5.21 Å². The van der Waals surface area contributed by atoms with Gasteiger partial charge in [0.05, 0.1) is 17.7 Å². The van der Waals surface area contributed by atoms with E-state index in [9.17, 15) is 19.7 Å². The van der Waals surface area contributed by atoms with E-state index in [-0.39, 0.29) is 18.8 Å². The monoisotopic (exact) mass is 279 g/mol. The quantitative estimate of drug-likeness (QED) is 0.589. The average Bonchev–Trinajstić information content (AvgIpc) is 2.86. The highest BCUT2D eigenvalue weighted by Gasteiger charge is 2.13. The molecule has 0 aliphatic carbocycles. The number of aromatic nitrogens is 4. The van der Waals surface area contributed by atoms with Crippen LogP contribution in [0.25, 0.3) is 0 Å². The van der Waals surface area contributed by atoms with E-state index in [2.05, 4.69) is 10.3 Å². The Labute approximate surface area is 111 Å². The zero-order valence-corrected chi connectivity index (χ0v) is 10.0. The molecule has 0 spiro atoms. The van der Waals surface area contributed by atoms with Crippen molar-refractivity contribution >= 4 is 11.7 Å². The summed E-state index contributed by atoms with van der Waals surface area (Å²) >= 11 is 0. The van der Waals surface area contributed by atoms with Gasteiger partial charge >= 0.3 is 17.2 Å². The number of carboxylic acid groups (broad SMARTS) is 1. The SMILES string of the molecule is O=C(O)c1cn(CCn2cccc([N+](=O)[O-])c2=O)nn1. The predicted molar refractivity (Wildman–Crippen MR) is 64.3 cm³/mol. The number of carbonyl (C=O) groups is 1. The molecular weight excluding hydrogens is 270 g/mol. The first-order valence-corrected chi connectivity index (χ1v) is 5.46. The summed E-state index contributed by atoms with van der Waals surface area (Å²) in [4.78, 5) is 32.2. The van der Waals surface area contributed by atoms with Gasteiger partial charge in [-0.2, -0.15) is 0 Å². The molecule has 0 saturated heterocycles. The molecule has 0 aromatic carbocycles. The molecule has 2 aromatic rings. The standard InChI is InChI=1S/C10H9N5O5/c16-9-8(15(19)20)2-1-3-13(9)4-5-14-6-7(10(17)18)11-12-14/h1-3,6H,4-5H2,(H,17,18). The van der Waals surface area contributed by atoms with Crippen molar-refractivity contribution in [3.05, 3.63) is 50.7 Å². The van der Waals surface area contributed by atoms with Crippen molar-refractivity contribution in [2.75, 3.05) is 0 Å². The Morgan fingerprint density at radius 1 is 1.45 bits per heavy atom. The van der Waals surface area contributed by atoms with Gasteiger partial charge in [-0.25, -0.2) is 9.48 Å². The Morgan fingerprint density at radius 3 is 2.80 bits per heavy atom. The predicted octanol–water partition coefficient (Wildman–Crippen LogP) is -0.254. The number of nitro groups is 1. The molecule has 0 atom stereocenters. The van der Waals surface area contributed by atoms with Gasteiger partial charge < -0.3 is 9.67 Å². The number of hydrogen-bond acceptors (Lipinski definition) is 6. The van der Waals surface area contributed by atoms with Crippen LogP contribution >= 0.6 is 0 Å². The molecule has 0 amide bonds. The molecule has 10 heteroatoms. The molecule has 0 fully saturated rings. The van der Waals surface area contributed by atoms with Crippen molar-refractivity contribution in [1.82, 2.24) is 19.6 Å². The number of hydrogen-bond donors (Lipinski definition) is 1. The normalized spacial score (nSPS) is 10.4. The Morgan fingerprint density at radius 2 is 2.20 bits per heavy atom. The fraction of sp³-hybridized carbons (Fsp3) is 0.200. The third-order valence-electron chi connectivity index (χ3n) is 2.52. The molecule has 0 aliphatic heterocycles. The second-order valence-corrected chi connectivity index (χ2v) is 3.82. The topological polar surface area (TPSA) is 133 Å². The minimum atomic E-state index is -1.20. The molecule has 104 valence electrons. The van der Waals surface area contributed by atoms with Gasteiger partial charge in [-0.3, -0.25) is 14.9 Å². The number of carboxylic acids is 1. The maximum absolute atomic E-state index is 11.7. The van der Waals surface area contributed by atoms with Crippen molar-refractivity contribution in [2.24, 2.45) is 0 Å². The van der Waals surface area contributed by atoms with Crippen LogP contribution in [0.5, 0.6) is 0 Å². The zero-order chi connectivity index (χ0) is 14.7. The number of aryl methyl sites for hydroxylation is 2. The first-order valence-electron chi connectivity index (χ1n) is 5.46. The molecule has 10 nitrogen and oxygen atoms in total. The molecule has 2 aromatic heterocycles. The van der Waals surface area contributed by atoms with Crippen LogP contribution in [0.1, 0.15) is 10.5 Å². The van der Waals surface area contributed by atoms with Crippen LogP contribution in [0.15, 0.2) is 29.3 Å². The summed E-state index contributed by atoms with van der Waals surface area (Å²) in [5.74, 6) is -1.20. The number of aromatic carboxylic acids is 1. The molecule has 1 N–H and O–H groups in total. The molecule has 0 unspecified atom stereocenters. The van der Waals surface area contributed by atoms with Gasteiger partial charge in [0, 0.05) is 18.8 Å². The lowest BCUT2D eigenvalue weighted by Crippen LogP contribution is -2.23. The molecule has 0 aliphatic rings. The van der Waals surface area contributed by atoms with Crippen LogP contribution in [0.4, 0.5) is 5.69 Å². The Balaban J connectivity index is 2.15. The van der Waals surface area contributed by atoms with Gasteiger partial charge in [0.25, 0.3) is 0 Å². The second-order valence-electron chi connectivity index (χ2n) is 3.82. The van der Waals surface area contributed by atoms with E-state index in [0.29, 0.717) is 0 Å². The fourth-order valence-corrected chi connectivity index (χ4v) is 1.56. The highest BCUT2D eigenvalue weighted by Crippen LogP contribution is 2.02. The average molecular weight is 279 g/mol. The van der Waals surface area contributed by atoms with E-state index in [0.717, 1.165) is 10.6 Å². The molecule has 0 radical (unpaired) electrons. The molecule has 2 heterocycles. The minimum absolute atomic E-state index is 0.114. The number of nitrogens with zero attached hydrogens (tertiary/aromatic N) is 5. The summed E-state index contributed by atoms with van der Waals surface area (Å²) < 4.78 is 2.40. The lowest BCUT2D eigenvalue weighted by Gasteiger charge is -2.04. The van der Waals surface area contributed by atoms with Gasteiger partial charge in [0.2, 0.25) is 0 Å². The van der Waals surface area contributed by atoms with Gasteiger partial charge in [-0.15, -0.1) is 5.10 Å². The highest BCUT2D eigenvalue weighted by molar-refractivity contribution is 5.84. The van der Waals surface area contributed by atoms with Gasteiger partial charge in [0.1, 0.15) is 0 Å². The summed E-state index contributed by atoms with van der Waals surface area (Å²) in [5, 5.41) is 26.3. The third-order valence-corrected chi connectivity index (χ3v) is 2.52. The number of rotatable bonds is 5. The summed E-state index contributed by atoms with van der Waals surface area (Å²) in [5.41, 5.74) is -1.45. The number of pyridine rings is 1. The van der Waals surface area contributed by atoms with E-state index >= 15 is 0 Å². The van der Waals surface area contributed by atoms with E-state index < -0.39 is 22.1 Å². The maximum atomic E-state index is 11.7. The summed E-state index contributed by atoms with van der Waals surface area (Å²) in [6.07, 6.45) is 2.62. The van der Waals surface area contributed by atoms with Crippen LogP contribution in [0, 0.1) is 10.1 Å². The third kappa shape index (κ3) is 2.68. The lowest BCUT2D eigenvalue weighted by atomic mass is 10.4. The van der Waals surface area contributed by atoms with Crippen LogP contribution in [0.2, 0.25) is 0 Å². The molecule has 0 saturated carbocycles. The minimum Gasteiger partial charge on any atom is -0.476 e. The zero-order valence-electron chi connectivity index (χ0n) is 10.0. The lowest BCUT2D eigenvalue weighted by molar-refractivity contribution is -0.386. The molecular formula is C10H9N5O5. The van der Waals surface area contributed by atoms with Crippen molar-refractivity contribution in [3.63, 3.8) is 0 Å². The van der Waals surface area contributed by atoms with Crippen molar-refractivity contribution in [1.29, 1.82) is 0 Å². The van der Waals surface area contributed by atoms with Gasteiger partial charge in [-0.05, 0) is 6.07 Å². The maximum Gasteiger partial charge on any atom is 0.358 e. The highest BCUT2D eigenvalue weighted by atomic mass is 16.6. The second kappa shape index (κ2) is 5.30. The van der Waals surface area contributed by atoms with E-state index in [4.69, 9.17) is 5.11 Å². The van der Waals surface area contributed by atoms with Crippen molar-refractivity contribution in [3.8, 4) is 0 Å². The molecule has 20 heavy (non-hydrogen) atoms. The van der Waals surface area contributed by atoms with E-state index in [1.807, 2.05) is 0 Å². The van der Waals surface area contributed by atoms with E-state index in [1.165, 1.54) is 23.1 Å². The van der Waals surface area contributed by atoms with Crippen molar-refractivity contribution < 1.29 is 14.8 Å². The van der Waals surface area contributed by atoms with Crippen LogP contribution < -0.4 is 5.56 Å². The van der Waals surface area contributed by atoms with Crippen molar-refractivity contribution in [2.45, 2.75) is 13.1 Å². The van der Waals surface area contributed by atoms with Crippen LogP contribution in [0.3, 0.4) is 0 Å². The van der Waals surface area contributed by atoms with Crippen LogP contribution in [-0.2, 0) is 13.1 Å². The Bertz CT molecular complexity index is 719. The Kier molecular flexibility index (Phi) is 3.55. The summed E-state index contributed by atoms with van der Waals surface area (Å²) in [7, 11) is 0. The fourth-order valence-electron chi connectivity index (χ4n) is 1.56. The first kappa shape index (κ1) is 13.4. The smallest absolute Gasteiger partial charge is 0.358 e.